The van der Waals surface area contributed by atoms with Crippen LogP contribution < -0.4 is 14.4 Å². The predicted octanol–water partition coefficient (Wildman–Crippen LogP) is 4.14. The van der Waals surface area contributed by atoms with Crippen molar-refractivity contribution in [3.63, 3.8) is 0 Å². The normalized spacial score (nSPS) is 11.9. The fourth-order valence-electron chi connectivity index (χ4n) is 3.87. The molecule has 0 saturated carbocycles. The summed E-state index contributed by atoms with van der Waals surface area (Å²) in [6, 6.07) is 21.4. The van der Waals surface area contributed by atoms with E-state index in [0.29, 0.717) is 18.0 Å². The average molecular weight is 538 g/mol. The highest BCUT2D eigenvalue weighted by molar-refractivity contribution is 7.92. The maximum absolute atomic E-state index is 13.8. The molecule has 0 saturated heterocycles. The summed E-state index contributed by atoms with van der Waals surface area (Å²) in [5, 5.41) is 2.83. The number of sulfonamides is 1. The van der Waals surface area contributed by atoms with E-state index >= 15 is 0 Å². The first-order valence-corrected chi connectivity index (χ1v) is 14.0. The van der Waals surface area contributed by atoms with Crippen molar-refractivity contribution >= 4 is 27.5 Å². The summed E-state index contributed by atoms with van der Waals surface area (Å²) in [6.45, 7) is 5.62. The number of rotatable bonds is 12. The van der Waals surface area contributed by atoms with E-state index in [2.05, 4.69) is 5.32 Å². The van der Waals surface area contributed by atoms with Crippen LogP contribution in [0.25, 0.3) is 0 Å². The summed E-state index contributed by atoms with van der Waals surface area (Å²) in [5.41, 5.74) is 2.05. The molecule has 8 nitrogen and oxygen atoms in total. The lowest BCUT2D eigenvalue weighted by Gasteiger charge is -2.32. The number of carbonyl (C=O) groups is 2. The van der Waals surface area contributed by atoms with E-state index < -0.39 is 28.5 Å². The summed E-state index contributed by atoms with van der Waals surface area (Å²) < 4.78 is 33.9. The number of benzene rings is 3. The van der Waals surface area contributed by atoms with Gasteiger partial charge in [0.25, 0.3) is 10.0 Å². The third-order valence-electron chi connectivity index (χ3n) is 6.16. The summed E-state index contributed by atoms with van der Waals surface area (Å²) in [5.74, 6) is -0.243. The minimum Gasteiger partial charge on any atom is -0.497 e. The number of anilines is 1. The molecule has 3 aromatic carbocycles. The van der Waals surface area contributed by atoms with E-state index in [1.54, 1.807) is 43.3 Å². The first-order chi connectivity index (χ1) is 18.2. The number of ether oxygens (including phenoxy) is 1. The smallest absolute Gasteiger partial charge is 0.264 e. The molecule has 0 radical (unpaired) electrons. The van der Waals surface area contributed by atoms with Gasteiger partial charge in [-0.2, -0.15) is 0 Å². The maximum Gasteiger partial charge on any atom is 0.264 e. The van der Waals surface area contributed by atoms with E-state index in [9.17, 15) is 18.0 Å². The second kappa shape index (κ2) is 13.1. The summed E-state index contributed by atoms with van der Waals surface area (Å²) in [4.78, 5) is 28.2. The van der Waals surface area contributed by atoms with Crippen LogP contribution in [0.15, 0.2) is 83.8 Å². The Morgan fingerprint density at radius 3 is 2.16 bits per heavy atom. The molecule has 0 bridgehead atoms. The zero-order valence-corrected chi connectivity index (χ0v) is 23.1. The van der Waals surface area contributed by atoms with Gasteiger partial charge in [-0.3, -0.25) is 13.9 Å². The van der Waals surface area contributed by atoms with Crippen LogP contribution in [-0.2, 0) is 26.2 Å². The minimum absolute atomic E-state index is 0.0649. The number of hydrogen-bond acceptors (Lipinski definition) is 5. The molecule has 3 aromatic rings. The summed E-state index contributed by atoms with van der Waals surface area (Å²) in [7, 11) is -2.59. The lowest BCUT2D eigenvalue weighted by atomic mass is 10.1. The molecule has 1 atom stereocenters. The van der Waals surface area contributed by atoms with Gasteiger partial charge in [-0.1, -0.05) is 55.0 Å². The van der Waals surface area contributed by atoms with Gasteiger partial charge in [0, 0.05) is 13.1 Å². The molecule has 0 aliphatic rings. The molecule has 0 fully saturated rings. The van der Waals surface area contributed by atoms with Crippen molar-refractivity contribution in [3.05, 3.63) is 90.0 Å². The van der Waals surface area contributed by atoms with Gasteiger partial charge in [0.1, 0.15) is 18.3 Å². The third kappa shape index (κ3) is 7.13. The Morgan fingerprint density at radius 1 is 0.947 bits per heavy atom. The van der Waals surface area contributed by atoms with Gasteiger partial charge in [-0.05, 0) is 62.2 Å². The predicted molar refractivity (Wildman–Crippen MR) is 148 cm³/mol. The highest BCUT2D eigenvalue weighted by atomic mass is 32.2. The molecular weight excluding hydrogens is 502 g/mol. The van der Waals surface area contributed by atoms with Crippen LogP contribution in [-0.4, -0.2) is 51.4 Å². The van der Waals surface area contributed by atoms with Crippen molar-refractivity contribution < 1.29 is 22.7 Å². The van der Waals surface area contributed by atoms with Gasteiger partial charge in [-0.25, -0.2) is 8.42 Å². The molecule has 1 N–H and O–H groups in total. The Morgan fingerprint density at radius 2 is 1.58 bits per heavy atom. The molecule has 0 spiro atoms. The van der Waals surface area contributed by atoms with Gasteiger partial charge in [0.15, 0.2) is 0 Å². The van der Waals surface area contributed by atoms with Crippen LogP contribution in [0.4, 0.5) is 5.69 Å². The Hall–Kier alpha value is -3.85. The number of aryl methyl sites for hydroxylation is 1. The van der Waals surface area contributed by atoms with Gasteiger partial charge >= 0.3 is 0 Å². The fourth-order valence-corrected chi connectivity index (χ4v) is 5.29. The van der Waals surface area contributed by atoms with Gasteiger partial charge in [-0.15, -0.1) is 0 Å². The maximum atomic E-state index is 13.8. The van der Waals surface area contributed by atoms with Crippen LogP contribution in [0.2, 0.25) is 0 Å². The zero-order chi connectivity index (χ0) is 27.7. The van der Waals surface area contributed by atoms with Crippen LogP contribution >= 0.6 is 0 Å². The monoisotopic (exact) mass is 537 g/mol. The second-order valence-corrected chi connectivity index (χ2v) is 10.9. The number of carbonyl (C=O) groups excluding carboxylic acids is 2. The standard InChI is InChI=1S/C29H35N3O5S/c1-5-19-30-29(34)23(3)31(20-24-9-7-6-8-10-24)28(33)21-32(25-13-15-26(37-4)16-14-25)38(35,36)27-17-11-22(2)12-18-27/h6-18,23H,5,19-21H2,1-4H3,(H,30,34)/t23-/m0/s1. The topological polar surface area (TPSA) is 96.0 Å². The van der Waals surface area contributed by atoms with E-state index in [1.807, 2.05) is 44.2 Å². The van der Waals surface area contributed by atoms with Gasteiger partial charge in [0.2, 0.25) is 11.8 Å². The van der Waals surface area contributed by atoms with Crippen molar-refractivity contribution in [1.29, 1.82) is 0 Å². The molecule has 3 rings (SSSR count). The van der Waals surface area contributed by atoms with Crippen LogP contribution in [0.5, 0.6) is 5.75 Å². The molecule has 38 heavy (non-hydrogen) atoms. The van der Waals surface area contributed by atoms with Crippen LogP contribution in [0.1, 0.15) is 31.4 Å². The Bertz CT molecular complexity index is 1310. The van der Waals surface area contributed by atoms with Crippen molar-refractivity contribution in [2.75, 3.05) is 24.5 Å². The number of methoxy groups -OCH3 is 1. The Balaban J connectivity index is 2.00. The van der Waals surface area contributed by atoms with E-state index in [0.717, 1.165) is 21.9 Å². The van der Waals surface area contributed by atoms with Crippen molar-refractivity contribution in [2.45, 2.75) is 44.7 Å². The summed E-state index contributed by atoms with van der Waals surface area (Å²) in [6.07, 6.45) is 0.755. The molecule has 202 valence electrons. The first-order valence-electron chi connectivity index (χ1n) is 12.5. The SMILES string of the molecule is CCCNC(=O)[C@H](C)N(Cc1ccccc1)C(=O)CN(c1ccc(OC)cc1)S(=O)(=O)c1ccc(C)cc1. The van der Waals surface area contributed by atoms with Gasteiger partial charge in [0.05, 0.1) is 17.7 Å². The van der Waals surface area contributed by atoms with Crippen LogP contribution in [0.3, 0.4) is 0 Å². The van der Waals surface area contributed by atoms with Gasteiger partial charge < -0.3 is 15.0 Å². The largest absolute Gasteiger partial charge is 0.497 e. The zero-order valence-electron chi connectivity index (χ0n) is 22.3. The van der Waals surface area contributed by atoms with Crippen molar-refractivity contribution in [1.82, 2.24) is 10.2 Å². The average Bonchev–Trinajstić information content (AvgIpc) is 2.93. The highest BCUT2D eigenvalue weighted by Gasteiger charge is 2.32. The molecule has 0 heterocycles. The molecule has 0 unspecified atom stereocenters. The molecule has 2 amide bonds. The molecule has 0 aromatic heterocycles. The minimum atomic E-state index is -4.11. The molecular formula is C29H35N3O5S. The van der Waals surface area contributed by atoms with E-state index in [-0.39, 0.29) is 17.3 Å². The Labute approximate surface area is 225 Å². The number of nitrogens with one attached hydrogen (secondary N) is 1. The van der Waals surface area contributed by atoms with Crippen molar-refractivity contribution in [2.24, 2.45) is 0 Å². The third-order valence-corrected chi connectivity index (χ3v) is 7.95. The lowest BCUT2D eigenvalue weighted by molar-refractivity contribution is -0.139. The number of hydrogen-bond donors (Lipinski definition) is 1. The molecule has 0 aliphatic carbocycles. The molecule has 9 heteroatoms. The number of nitrogens with zero attached hydrogens (tertiary/aromatic N) is 2. The lowest BCUT2D eigenvalue weighted by Crippen LogP contribution is -2.51. The van der Waals surface area contributed by atoms with E-state index in [4.69, 9.17) is 4.74 Å². The highest BCUT2D eigenvalue weighted by Crippen LogP contribution is 2.26. The number of amides is 2. The van der Waals surface area contributed by atoms with Crippen LogP contribution in [0, 0.1) is 6.92 Å². The fraction of sp³-hybridized carbons (Fsp3) is 0.310. The second-order valence-electron chi connectivity index (χ2n) is 9.00. The summed E-state index contributed by atoms with van der Waals surface area (Å²) >= 11 is 0. The quantitative estimate of drug-likeness (QED) is 0.375. The van der Waals surface area contributed by atoms with Crippen molar-refractivity contribution in [3.8, 4) is 5.75 Å². The Kier molecular flexibility index (Phi) is 9.90. The first kappa shape index (κ1) is 28.7. The molecule has 0 aliphatic heterocycles. The van der Waals surface area contributed by atoms with E-state index in [1.165, 1.54) is 24.1 Å².